The molecular formula is C28H23FN4O2. The Labute approximate surface area is 202 Å². The second-order valence-electron chi connectivity index (χ2n) is 8.49. The average molecular weight is 467 g/mol. The summed E-state index contributed by atoms with van der Waals surface area (Å²) in [5.41, 5.74) is 5.26. The van der Waals surface area contributed by atoms with Crippen molar-refractivity contribution < 1.29 is 14.0 Å². The first kappa shape index (κ1) is 22.3. The van der Waals surface area contributed by atoms with Gasteiger partial charge in [-0.25, -0.2) is 9.37 Å². The van der Waals surface area contributed by atoms with Crippen LogP contribution in [0.25, 0.3) is 0 Å². The Hall–Kier alpha value is -4.52. The Kier molecular flexibility index (Phi) is 5.74. The van der Waals surface area contributed by atoms with Crippen molar-refractivity contribution in [2.75, 3.05) is 15.5 Å². The molecule has 0 saturated carbocycles. The molecule has 2 amide bonds. The molecule has 3 aromatic carbocycles. The van der Waals surface area contributed by atoms with E-state index < -0.39 is 11.7 Å². The van der Waals surface area contributed by atoms with Crippen LogP contribution in [-0.4, -0.2) is 16.8 Å². The number of rotatable bonds is 3. The van der Waals surface area contributed by atoms with Gasteiger partial charge in [0.1, 0.15) is 5.82 Å². The van der Waals surface area contributed by atoms with E-state index in [0.29, 0.717) is 40.4 Å². The lowest BCUT2D eigenvalue weighted by Gasteiger charge is -2.23. The number of nitrogens with zero attached hydrogens (tertiary/aromatic N) is 2. The van der Waals surface area contributed by atoms with E-state index in [1.165, 1.54) is 12.1 Å². The van der Waals surface area contributed by atoms with Crippen molar-refractivity contribution in [3.8, 4) is 0 Å². The molecule has 0 radical (unpaired) electrons. The lowest BCUT2D eigenvalue weighted by atomic mass is 10.0. The number of fused-ring (bicyclic) bond motifs is 2. The van der Waals surface area contributed by atoms with Gasteiger partial charge in [0.2, 0.25) is 0 Å². The Morgan fingerprint density at radius 3 is 2.60 bits per heavy atom. The molecular weight excluding hydrogens is 443 g/mol. The minimum Gasteiger partial charge on any atom is -0.338 e. The van der Waals surface area contributed by atoms with Crippen molar-refractivity contribution >= 4 is 34.7 Å². The third-order valence-electron chi connectivity index (χ3n) is 6.08. The summed E-state index contributed by atoms with van der Waals surface area (Å²) >= 11 is 0. The zero-order chi connectivity index (χ0) is 24.5. The van der Waals surface area contributed by atoms with Crippen molar-refractivity contribution in [3.63, 3.8) is 0 Å². The van der Waals surface area contributed by atoms with E-state index in [9.17, 15) is 14.0 Å². The number of anilines is 4. The summed E-state index contributed by atoms with van der Waals surface area (Å²) in [4.78, 5) is 32.6. The number of hydrogen-bond acceptors (Lipinski definition) is 4. The maximum absolute atomic E-state index is 13.7. The minimum atomic E-state index is -0.471. The van der Waals surface area contributed by atoms with Crippen LogP contribution >= 0.6 is 0 Å². The van der Waals surface area contributed by atoms with Crippen molar-refractivity contribution in [1.29, 1.82) is 0 Å². The molecule has 1 aliphatic heterocycles. The molecule has 5 rings (SSSR count). The third kappa shape index (κ3) is 4.36. The van der Waals surface area contributed by atoms with Crippen LogP contribution in [0.15, 0.2) is 79.0 Å². The van der Waals surface area contributed by atoms with Gasteiger partial charge >= 0.3 is 0 Å². The molecule has 2 heterocycles. The van der Waals surface area contributed by atoms with Crippen molar-refractivity contribution in [2.24, 2.45) is 0 Å². The molecule has 0 atom stereocenters. The number of aromatic nitrogens is 1. The molecule has 0 saturated heterocycles. The fourth-order valence-electron chi connectivity index (χ4n) is 4.22. The van der Waals surface area contributed by atoms with E-state index in [1.54, 1.807) is 48.4 Å². The van der Waals surface area contributed by atoms with Crippen molar-refractivity contribution in [2.45, 2.75) is 20.4 Å². The molecule has 7 heteroatoms. The summed E-state index contributed by atoms with van der Waals surface area (Å²) < 4.78 is 13.6. The topological polar surface area (TPSA) is 74.3 Å². The van der Waals surface area contributed by atoms with Gasteiger partial charge in [-0.2, -0.15) is 0 Å². The average Bonchev–Trinajstić information content (AvgIpc) is 3.02. The number of aryl methyl sites for hydroxylation is 2. The fourth-order valence-corrected chi connectivity index (χ4v) is 4.22. The second kappa shape index (κ2) is 9.02. The van der Waals surface area contributed by atoms with Gasteiger partial charge in [0.15, 0.2) is 5.82 Å². The number of para-hydroxylation sites is 1. The lowest BCUT2D eigenvalue weighted by Crippen LogP contribution is -2.30. The molecule has 6 nitrogen and oxygen atoms in total. The first-order valence-electron chi connectivity index (χ1n) is 11.2. The molecule has 0 fully saturated rings. The van der Waals surface area contributed by atoms with Crippen LogP contribution in [0, 0.1) is 19.7 Å². The lowest BCUT2D eigenvalue weighted by molar-refractivity contribution is 0.0983. The Morgan fingerprint density at radius 2 is 1.77 bits per heavy atom. The molecule has 0 unspecified atom stereocenters. The van der Waals surface area contributed by atoms with E-state index in [4.69, 9.17) is 0 Å². The smallest absolute Gasteiger partial charge is 0.258 e. The number of benzene rings is 3. The molecule has 0 spiro atoms. The van der Waals surface area contributed by atoms with Gasteiger partial charge in [0.05, 0.1) is 12.2 Å². The molecule has 1 aliphatic rings. The molecule has 35 heavy (non-hydrogen) atoms. The van der Waals surface area contributed by atoms with Crippen LogP contribution < -0.4 is 15.5 Å². The van der Waals surface area contributed by atoms with E-state index in [2.05, 4.69) is 15.6 Å². The van der Waals surface area contributed by atoms with Crippen molar-refractivity contribution in [3.05, 3.63) is 113 Å². The molecule has 0 bridgehead atoms. The number of carbonyl (C=O) groups excluding carboxylic acids is 2. The summed E-state index contributed by atoms with van der Waals surface area (Å²) in [5, 5.41) is 6.13. The maximum Gasteiger partial charge on any atom is 0.258 e. The Morgan fingerprint density at radius 1 is 0.943 bits per heavy atom. The van der Waals surface area contributed by atoms with E-state index in [0.717, 1.165) is 11.3 Å². The van der Waals surface area contributed by atoms with Gasteiger partial charge < -0.3 is 15.5 Å². The zero-order valence-corrected chi connectivity index (χ0v) is 19.3. The SMILES string of the molecule is Cc1ccc(F)cc1C(=O)Nc1ccc(C(=O)N2Cc3ccccc3Nc3ncccc32)c(C)c1. The van der Waals surface area contributed by atoms with Crippen LogP contribution in [0.5, 0.6) is 0 Å². The molecule has 1 aromatic heterocycles. The van der Waals surface area contributed by atoms with Gasteiger partial charge in [0, 0.05) is 28.7 Å². The van der Waals surface area contributed by atoms with Crippen LogP contribution in [0.3, 0.4) is 0 Å². The molecule has 174 valence electrons. The summed E-state index contributed by atoms with van der Waals surface area (Å²) in [5.74, 6) is -0.441. The van der Waals surface area contributed by atoms with Gasteiger partial charge in [-0.05, 0) is 79.1 Å². The maximum atomic E-state index is 13.7. The van der Waals surface area contributed by atoms with Crippen molar-refractivity contribution in [1.82, 2.24) is 4.98 Å². The summed E-state index contributed by atoms with van der Waals surface area (Å²) in [6.45, 7) is 3.96. The third-order valence-corrected chi connectivity index (χ3v) is 6.08. The normalized spacial score (nSPS) is 12.1. The fraction of sp³-hybridized carbons (Fsp3) is 0.107. The quantitative estimate of drug-likeness (QED) is 0.389. The first-order valence-corrected chi connectivity index (χ1v) is 11.2. The van der Waals surface area contributed by atoms with E-state index in [1.807, 2.05) is 37.3 Å². The van der Waals surface area contributed by atoms with Crippen LogP contribution in [0.4, 0.5) is 27.3 Å². The Bertz CT molecular complexity index is 1470. The highest BCUT2D eigenvalue weighted by Gasteiger charge is 2.26. The number of pyridine rings is 1. The minimum absolute atomic E-state index is 0.172. The largest absolute Gasteiger partial charge is 0.338 e. The van der Waals surface area contributed by atoms with Crippen LogP contribution in [-0.2, 0) is 6.54 Å². The molecule has 4 aromatic rings. The van der Waals surface area contributed by atoms with Crippen LogP contribution in [0.1, 0.15) is 37.4 Å². The molecule has 2 N–H and O–H groups in total. The van der Waals surface area contributed by atoms with E-state index in [-0.39, 0.29) is 11.5 Å². The highest BCUT2D eigenvalue weighted by atomic mass is 19.1. The number of amides is 2. The summed E-state index contributed by atoms with van der Waals surface area (Å²) in [7, 11) is 0. The zero-order valence-electron chi connectivity index (χ0n) is 19.3. The standard InChI is InChI=1S/C28H23FN4O2/c1-17-9-10-20(29)15-23(17)27(34)31-21-11-12-22(18(2)14-21)28(35)33-16-19-6-3-4-7-24(19)32-26-25(33)8-5-13-30-26/h3-15H,16H2,1-2H3,(H,30,32)(H,31,34). The van der Waals surface area contributed by atoms with Gasteiger partial charge in [-0.15, -0.1) is 0 Å². The highest BCUT2D eigenvalue weighted by Crippen LogP contribution is 2.35. The first-order chi connectivity index (χ1) is 16.9. The van der Waals surface area contributed by atoms with E-state index >= 15 is 0 Å². The van der Waals surface area contributed by atoms with Gasteiger partial charge in [-0.3, -0.25) is 9.59 Å². The summed E-state index contributed by atoms with van der Waals surface area (Å²) in [6, 6.07) is 20.7. The number of halogens is 1. The number of carbonyl (C=O) groups is 2. The highest BCUT2D eigenvalue weighted by molar-refractivity contribution is 6.10. The Balaban J connectivity index is 1.44. The predicted octanol–water partition coefficient (Wildman–Crippen LogP) is 5.99. The second-order valence-corrected chi connectivity index (χ2v) is 8.49. The van der Waals surface area contributed by atoms with Gasteiger partial charge in [0.25, 0.3) is 11.8 Å². The van der Waals surface area contributed by atoms with Crippen LogP contribution in [0.2, 0.25) is 0 Å². The number of nitrogens with one attached hydrogen (secondary N) is 2. The monoisotopic (exact) mass is 466 g/mol. The predicted molar refractivity (Wildman–Crippen MR) is 135 cm³/mol. The van der Waals surface area contributed by atoms with Gasteiger partial charge in [-0.1, -0.05) is 24.3 Å². The number of hydrogen-bond donors (Lipinski definition) is 2. The summed E-state index contributed by atoms with van der Waals surface area (Å²) in [6.07, 6.45) is 1.69. The molecule has 0 aliphatic carbocycles.